The summed E-state index contributed by atoms with van der Waals surface area (Å²) >= 11 is 0. The Balaban J connectivity index is 2.05. The van der Waals surface area contributed by atoms with E-state index in [-0.39, 0.29) is 5.91 Å². The zero-order chi connectivity index (χ0) is 15.7. The molecule has 0 aliphatic heterocycles. The summed E-state index contributed by atoms with van der Waals surface area (Å²) in [5, 5.41) is 2.81. The molecule has 1 N–H and O–H groups in total. The van der Waals surface area contributed by atoms with Crippen molar-refractivity contribution in [2.75, 3.05) is 12.4 Å². The molecule has 0 bridgehead atoms. The normalized spacial score (nSPS) is 10.7. The van der Waals surface area contributed by atoms with Crippen LogP contribution in [0.15, 0.2) is 40.8 Å². The molecule has 0 saturated carbocycles. The molecule has 1 aromatic heterocycles. The van der Waals surface area contributed by atoms with Crippen molar-refractivity contribution in [3.8, 4) is 17.2 Å². The molecular formula is C17H16N2O3. The Kier molecular flexibility index (Phi) is 3.55. The van der Waals surface area contributed by atoms with Gasteiger partial charge in [0, 0.05) is 24.2 Å². The molecule has 0 fully saturated rings. The molecule has 3 rings (SSSR count). The minimum absolute atomic E-state index is 0.109. The molecule has 1 heterocycles. The van der Waals surface area contributed by atoms with Crippen LogP contribution in [0.2, 0.25) is 0 Å². The number of aromatic nitrogens is 1. The molecule has 5 heteroatoms. The third-order valence-corrected chi connectivity index (χ3v) is 3.39. The monoisotopic (exact) mass is 296 g/mol. The van der Waals surface area contributed by atoms with Crippen molar-refractivity contribution < 1.29 is 13.9 Å². The molecule has 0 atom stereocenters. The van der Waals surface area contributed by atoms with Gasteiger partial charge in [0.15, 0.2) is 5.58 Å². The Hall–Kier alpha value is -2.82. The molecule has 0 aliphatic rings. The first-order valence-electron chi connectivity index (χ1n) is 6.90. The van der Waals surface area contributed by atoms with E-state index in [0.29, 0.717) is 11.5 Å². The Morgan fingerprint density at radius 3 is 2.77 bits per heavy atom. The number of benzene rings is 2. The fourth-order valence-electron chi connectivity index (χ4n) is 2.24. The molecule has 0 saturated heterocycles. The summed E-state index contributed by atoms with van der Waals surface area (Å²) in [5.41, 5.74) is 3.97. The largest absolute Gasteiger partial charge is 0.497 e. The van der Waals surface area contributed by atoms with E-state index in [1.54, 1.807) is 7.11 Å². The number of aryl methyl sites for hydroxylation is 1. The van der Waals surface area contributed by atoms with Crippen molar-refractivity contribution in [2.24, 2.45) is 0 Å². The number of hydrogen-bond acceptors (Lipinski definition) is 4. The van der Waals surface area contributed by atoms with E-state index < -0.39 is 0 Å². The molecule has 0 spiro atoms. The van der Waals surface area contributed by atoms with Crippen molar-refractivity contribution in [3.63, 3.8) is 0 Å². The number of carbonyl (C=O) groups is 1. The predicted octanol–water partition coefficient (Wildman–Crippen LogP) is 3.77. The maximum absolute atomic E-state index is 11.3. The highest BCUT2D eigenvalue weighted by Crippen LogP contribution is 2.29. The number of hydrogen-bond donors (Lipinski definition) is 1. The van der Waals surface area contributed by atoms with Crippen molar-refractivity contribution >= 4 is 22.7 Å². The first-order valence-corrected chi connectivity index (χ1v) is 6.90. The van der Waals surface area contributed by atoms with Crippen LogP contribution in [0.4, 0.5) is 5.69 Å². The maximum atomic E-state index is 11.3. The molecule has 112 valence electrons. The molecule has 0 aliphatic carbocycles. The van der Waals surface area contributed by atoms with Crippen LogP contribution in [-0.2, 0) is 4.79 Å². The second kappa shape index (κ2) is 5.52. The van der Waals surface area contributed by atoms with Crippen molar-refractivity contribution in [1.29, 1.82) is 0 Å². The molecule has 3 aromatic rings. The molecule has 22 heavy (non-hydrogen) atoms. The second-order valence-electron chi connectivity index (χ2n) is 5.06. The summed E-state index contributed by atoms with van der Waals surface area (Å²) in [6, 6.07) is 11.2. The average Bonchev–Trinajstić information content (AvgIpc) is 2.91. The van der Waals surface area contributed by atoms with E-state index in [4.69, 9.17) is 9.15 Å². The first kappa shape index (κ1) is 14.1. The highest BCUT2D eigenvalue weighted by atomic mass is 16.5. The highest BCUT2D eigenvalue weighted by molar-refractivity contribution is 5.90. The van der Waals surface area contributed by atoms with Gasteiger partial charge in [0.25, 0.3) is 0 Å². The fraction of sp³-hybridized carbons (Fsp3) is 0.176. The van der Waals surface area contributed by atoms with Crippen molar-refractivity contribution in [2.45, 2.75) is 13.8 Å². The summed E-state index contributed by atoms with van der Waals surface area (Å²) in [6.07, 6.45) is 0. The lowest BCUT2D eigenvalue weighted by molar-refractivity contribution is -0.114. The molecule has 0 unspecified atom stereocenters. The van der Waals surface area contributed by atoms with Crippen LogP contribution < -0.4 is 10.1 Å². The van der Waals surface area contributed by atoms with Crippen LogP contribution in [0.1, 0.15) is 12.5 Å². The van der Waals surface area contributed by atoms with Gasteiger partial charge in [-0.15, -0.1) is 0 Å². The van der Waals surface area contributed by atoms with Crippen molar-refractivity contribution in [1.82, 2.24) is 4.98 Å². The summed E-state index contributed by atoms with van der Waals surface area (Å²) < 4.78 is 11.0. The molecule has 2 aromatic carbocycles. The lowest BCUT2D eigenvalue weighted by atomic mass is 10.1. The van der Waals surface area contributed by atoms with E-state index in [1.165, 1.54) is 6.92 Å². The number of amides is 1. The third-order valence-electron chi connectivity index (χ3n) is 3.39. The van der Waals surface area contributed by atoms with E-state index in [2.05, 4.69) is 10.3 Å². The minimum atomic E-state index is -0.109. The van der Waals surface area contributed by atoms with Gasteiger partial charge >= 0.3 is 0 Å². The van der Waals surface area contributed by atoms with Gasteiger partial charge in [-0.05, 0) is 36.8 Å². The van der Waals surface area contributed by atoms with Crippen molar-refractivity contribution in [3.05, 3.63) is 42.0 Å². The number of nitrogens with zero attached hydrogens (tertiary/aromatic N) is 1. The van der Waals surface area contributed by atoms with Gasteiger partial charge in [0.2, 0.25) is 11.8 Å². The molecule has 1 amide bonds. The SMILES string of the molecule is COc1ccc2oc(-c3ccc(C)c(NC(C)=O)c3)nc2c1. The summed E-state index contributed by atoms with van der Waals surface area (Å²) in [5.74, 6) is 1.13. The molecule has 0 radical (unpaired) electrons. The Morgan fingerprint density at radius 1 is 1.23 bits per heavy atom. The second-order valence-corrected chi connectivity index (χ2v) is 5.06. The summed E-state index contributed by atoms with van der Waals surface area (Å²) in [4.78, 5) is 15.7. The van der Waals surface area contributed by atoms with Gasteiger partial charge in [-0.2, -0.15) is 0 Å². The highest BCUT2D eigenvalue weighted by Gasteiger charge is 2.11. The van der Waals surface area contributed by atoms with Crippen LogP contribution in [0.25, 0.3) is 22.6 Å². The van der Waals surface area contributed by atoms with Crippen LogP contribution >= 0.6 is 0 Å². The number of carbonyl (C=O) groups excluding carboxylic acids is 1. The fourth-order valence-corrected chi connectivity index (χ4v) is 2.24. The predicted molar refractivity (Wildman–Crippen MR) is 85.0 cm³/mol. The number of methoxy groups -OCH3 is 1. The van der Waals surface area contributed by atoms with E-state index >= 15 is 0 Å². The zero-order valence-electron chi connectivity index (χ0n) is 12.6. The Bertz CT molecular complexity index is 852. The van der Waals surface area contributed by atoms with E-state index in [9.17, 15) is 4.79 Å². The minimum Gasteiger partial charge on any atom is -0.497 e. The zero-order valence-corrected chi connectivity index (χ0v) is 12.6. The van der Waals surface area contributed by atoms with Gasteiger partial charge in [-0.3, -0.25) is 4.79 Å². The van der Waals surface area contributed by atoms with Crippen LogP contribution in [0, 0.1) is 6.92 Å². The van der Waals surface area contributed by atoms with Gasteiger partial charge in [0.1, 0.15) is 11.3 Å². The van der Waals surface area contributed by atoms with Crippen LogP contribution in [-0.4, -0.2) is 18.0 Å². The number of anilines is 1. The summed E-state index contributed by atoms with van der Waals surface area (Å²) in [7, 11) is 1.61. The van der Waals surface area contributed by atoms with E-state index in [1.807, 2.05) is 43.3 Å². The quantitative estimate of drug-likeness (QED) is 0.799. The smallest absolute Gasteiger partial charge is 0.227 e. The first-order chi connectivity index (χ1) is 10.6. The maximum Gasteiger partial charge on any atom is 0.227 e. The van der Waals surface area contributed by atoms with E-state index in [0.717, 1.165) is 28.1 Å². The number of rotatable bonds is 3. The molecular weight excluding hydrogens is 280 g/mol. The van der Waals surface area contributed by atoms with Gasteiger partial charge in [-0.1, -0.05) is 6.07 Å². The average molecular weight is 296 g/mol. The number of ether oxygens (including phenoxy) is 1. The number of oxazole rings is 1. The van der Waals surface area contributed by atoms with Gasteiger partial charge in [0.05, 0.1) is 7.11 Å². The standard InChI is InChI=1S/C17H16N2O3/c1-10-4-5-12(8-14(10)18-11(2)20)17-19-15-9-13(21-3)6-7-16(15)22-17/h4-9H,1-3H3,(H,18,20). The van der Waals surface area contributed by atoms with Crippen LogP contribution in [0.5, 0.6) is 5.75 Å². The van der Waals surface area contributed by atoms with Crippen LogP contribution in [0.3, 0.4) is 0 Å². The third kappa shape index (κ3) is 2.65. The topological polar surface area (TPSA) is 64.4 Å². The summed E-state index contributed by atoms with van der Waals surface area (Å²) in [6.45, 7) is 3.42. The Labute approximate surface area is 127 Å². The van der Waals surface area contributed by atoms with Gasteiger partial charge in [-0.25, -0.2) is 4.98 Å². The molecule has 5 nitrogen and oxygen atoms in total. The lowest BCUT2D eigenvalue weighted by Gasteiger charge is -2.07. The van der Waals surface area contributed by atoms with Gasteiger partial charge < -0.3 is 14.5 Å². The number of fused-ring (bicyclic) bond motifs is 1. The number of nitrogens with one attached hydrogen (secondary N) is 1. The lowest BCUT2D eigenvalue weighted by Crippen LogP contribution is -2.07. The Morgan fingerprint density at radius 2 is 2.05 bits per heavy atom.